The van der Waals surface area contributed by atoms with Crippen molar-refractivity contribution >= 4 is 21.7 Å². The lowest BCUT2D eigenvalue weighted by Crippen LogP contribution is -2.31. The number of benzene rings is 1. The summed E-state index contributed by atoms with van der Waals surface area (Å²) >= 11 is 0. The zero-order chi connectivity index (χ0) is 18.8. The van der Waals surface area contributed by atoms with E-state index in [9.17, 15) is 13.2 Å². The van der Waals surface area contributed by atoms with Gasteiger partial charge in [0.25, 0.3) is 10.0 Å². The van der Waals surface area contributed by atoms with E-state index >= 15 is 0 Å². The predicted octanol–water partition coefficient (Wildman–Crippen LogP) is 2.34. The molecular formula is C17H22N2O5S. The molecule has 0 aliphatic carbocycles. The summed E-state index contributed by atoms with van der Waals surface area (Å²) in [5.41, 5.74) is 1.17. The third-order valence-electron chi connectivity index (χ3n) is 4.10. The summed E-state index contributed by atoms with van der Waals surface area (Å²) < 4.78 is 38.9. The summed E-state index contributed by atoms with van der Waals surface area (Å²) in [6.45, 7) is 3.65. The maximum absolute atomic E-state index is 13.1. The summed E-state index contributed by atoms with van der Waals surface area (Å²) in [5.74, 6) is 0.0561. The van der Waals surface area contributed by atoms with Crippen molar-refractivity contribution in [3.8, 4) is 5.75 Å². The van der Waals surface area contributed by atoms with Gasteiger partial charge in [-0.3, -0.25) is 4.31 Å². The number of esters is 1. The summed E-state index contributed by atoms with van der Waals surface area (Å²) in [5, 5.41) is 0. The van der Waals surface area contributed by atoms with E-state index < -0.39 is 16.0 Å². The van der Waals surface area contributed by atoms with Crippen molar-refractivity contribution in [3.63, 3.8) is 0 Å². The van der Waals surface area contributed by atoms with Gasteiger partial charge in [-0.1, -0.05) is 0 Å². The Morgan fingerprint density at radius 2 is 1.80 bits per heavy atom. The van der Waals surface area contributed by atoms with Crippen LogP contribution in [-0.4, -0.2) is 39.7 Å². The molecule has 25 heavy (non-hydrogen) atoms. The molecule has 1 aromatic carbocycles. The van der Waals surface area contributed by atoms with Crippen LogP contribution in [0.2, 0.25) is 0 Å². The van der Waals surface area contributed by atoms with Crippen molar-refractivity contribution in [2.45, 2.75) is 18.7 Å². The Hall–Kier alpha value is -2.48. The average Bonchev–Trinajstić information content (AvgIpc) is 2.91. The van der Waals surface area contributed by atoms with Gasteiger partial charge in [0.05, 0.1) is 19.9 Å². The first kappa shape index (κ1) is 18.9. The summed E-state index contributed by atoms with van der Waals surface area (Å²) in [6.07, 6.45) is 0. The molecule has 0 N–H and O–H groups in total. The first-order chi connectivity index (χ1) is 11.8. The molecule has 0 fully saturated rings. The minimum absolute atomic E-state index is 0.0769. The van der Waals surface area contributed by atoms with Crippen molar-refractivity contribution in [3.05, 3.63) is 41.7 Å². The van der Waals surface area contributed by atoms with E-state index in [1.807, 2.05) is 0 Å². The number of ether oxygens (including phenoxy) is 2. The molecular weight excluding hydrogens is 344 g/mol. The smallest absolute Gasteiger partial charge is 0.354 e. The molecule has 2 rings (SSSR count). The molecule has 0 amide bonds. The van der Waals surface area contributed by atoms with Crippen LogP contribution in [0, 0.1) is 6.92 Å². The van der Waals surface area contributed by atoms with Gasteiger partial charge in [-0.25, -0.2) is 13.2 Å². The summed E-state index contributed by atoms with van der Waals surface area (Å²) in [7, 11) is 0.600. The molecule has 0 aliphatic heterocycles. The van der Waals surface area contributed by atoms with Gasteiger partial charge in [0, 0.05) is 19.3 Å². The molecule has 0 saturated heterocycles. The van der Waals surface area contributed by atoms with Gasteiger partial charge < -0.3 is 14.0 Å². The molecule has 2 aromatic rings. The Kier molecular flexibility index (Phi) is 5.42. The highest BCUT2D eigenvalue weighted by Crippen LogP contribution is 2.29. The van der Waals surface area contributed by atoms with Gasteiger partial charge in [-0.2, -0.15) is 0 Å². The number of hydrogen-bond acceptors (Lipinski definition) is 5. The SMILES string of the molecule is CCN(c1ccc(OC)cc1)S(=O)(=O)c1cc(C(=O)OC)n(C)c1C. The minimum Gasteiger partial charge on any atom is -0.497 e. The third-order valence-corrected chi connectivity index (χ3v) is 6.12. The van der Waals surface area contributed by atoms with Crippen LogP contribution in [0.5, 0.6) is 5.75 Å². The van der Waals surface area contributed by atoms with Gasteiger partial charge >= 0.3 is 5.97 Å². The second-order valence-electron chi connectivity index (χ2n) is 5.40. The molecule has 0 bridgehead atoms. The predicted molar refractivity (Wildman–Crippen MR) is 94.7 cm³/mol. The van der Waals surface area contributed by atoms with Crippen LogP contribution in [0.1, 0.15) is 23.1 Å². The van der Waals surface area contributed by atoms with Crippen molar-refractivity contribution in [1.29, 1.82) is 0 Å². The number of nitrogens with zero attached hydrogens (tertiary/aromatic N) is 2. The van der Waals surface area contributed by atoms with E-state index in [2.05, 4.69) is 0 Å². The minimum atomic E-state index is -3.83. The molecule has 1 heterocycles. The van der Waals surface area contributed by atoms with Gasteiger partial charge in [0.1, 0.15) is 16.3 Å². The Balaban J connectivity index is 2.53. The van der Waals surface area contributed by atoms with E-state index in [1.54, 1.807) is 52.3 Å². The second kappa shape index (κ2) is 7.18. The number of carbonyl (C=O) groups excluding carboxylic acids is 1. The van der Waals surface area contributed by atoms with Crippen LogP contribution < -0.4 is 9.04 Å². The van der Waals surface area contributed by atoms with Crippen LogP contribution in [0.25, 0.3) is 0 Å². The van der Waals surface area contributed by atoms with E-state index in [0.717, 1.165) is 0 Å². The van der Waals surface area contributed by atoms with Crippen molar-refractivity contribution in [2.75, 3.05) is 25.1 Å². The Morgan fingerprint density at radius 1 is 1.20 bits per heavy atom. The molecule has 0 aliphatic rings. The summed E-state index contributed by atoms with van der Waals surface area (Å²) in [4.78, 5) is 11.9. The molecule has 0 saturated carbocycles. The number of methoxy groups -OCH3 is 2. The summed E-state index contributed by atoms with van der Waals surface area (Å²) in [6, 6.07) is 8.11. The number of anilines is 1. The van der Waals surface area contributed by atoms with Crippen LogP contribution in [0.3, 0.4) is 0 Å². The zero-order valence-electron chi connectivity index (χ0n) is 14.9. The van der Waals surface area contributed by atoms with Gasteiger partial charge in [0.2, 0.25) is 0 Å². The molecule has 1 aromatic heterocycles. The second-order valence-corrected chi connectivity index (χ2v) is 7.23. The molecule has 7 nitrogen and oxygen atoms in total. The van der Waals surface area contributed by atoms with Crippen LogP contribution in [0.15, 0.2) is 35.2 Å². The standard InChI is InChI=1S/C17H22N2O5S/c1-6-19(13-7-9-14(23-4)10-8-13)25(21,22)16-11-15(17(20)24-5)18(3)12(16)2/h7-11H,6H2,1-5H3. The Morgan fingerprint density at radius 3 is 2.28 bits per heavy atom. The molecule has 0 radical (unpaired) electrons. The monoisotopic (exact) mass is 366 g/mol. The zero-order valence-corrected chi connectivity index (χ0v) is 15.8. The number of sulfonamides is 1. The molecule has 0 spiro atoms. The highest BCUT2D eigenvalue weighted by molar-refractivity contribution is 7.92. The quantitative estimate of drug-likeness (QED) is 0.734. The topological polar surface area (TPSA) is 77.8 Å². The van der Waals surface area contributed by atoms with Gasteiger partial charge in [-0.15, -0.1) is 0 Å². The lowest BCUT2D eigenvalue weighted by molar-refractivity contribution is 0.0589. The van der Waals surface area contributed by atoms with Crippen LogP contribution >= 0.6 is 0 Å². The fourth-order valence-corrected chi connectivity index (χ4v) is 4.34. The number of aromatic nitrogens is 1. The van der Waals surface area contributed by atoms with Crippen molar-refractivity contribution in [1.82, 2.24) is 4.57 Å². The first-order valence-electron chi connectivity index (χ1n) is 7.69. The number of rotatable bonds is 6. The van der Waals surface area contributed by atoms with Gasteiger partial charge in [-0.05, 0) is 44.2 Å². The van der Waals surface area contributed by atoms with E-state index in [-0.39, 0.29) is 17.1 Å². The molecule has 0 unspecified atom stereocenters. The van der Waals surface area contributed by atoms with Gasteiger partial charge in [0.15, 0.2) is 0 Å². The highest BCUT2D eigenvalue weighted by atomic mass is 32.2. The first-order valence-corrected chi connectivity index (χ1v) is 9.13. The average molecular weight is 366 g/mol. The lowest BCUT2D eigenvalue weighted by atomic mass is 10.3. The van der Waals surface area contributed by atoms with Crippen molar-refractivity contribution < 1.29 is 22.7 Å². The fraction of sp³-hybridized carbons (Fsp3) is 0.353. The van der Waals surface area contributed by atoms with Crippen molar-refractivity contribution in [2.24, 2.45) is 7.05 Å². The third kappa shape index (κ3) is 3.34. The molecule has 8 heteroatoms. The van der Waals surface area contributed by atoms with Crippen LogP contribution in [-0.2, 0) is 21.8 Å². The fourth-order valence-electron chi connectivity index (χ4n) is 2.59. The Labute approximate surface area is 147 Å². The normalized spacial score (nSPS) is 11.2. The number of hydrogen-bond donors (Lipinski definition) is 0. The maximum atomic E-state index is 13.1. The molecule has 0 atom stereocenters. The highest BCUT2D eigenvalue weighted by Gasteiger charge is 2.29. The van der Waals surface area contributed by atoms with Crippen LogP contribution in [0.4, 0.5) is 5.69 Å². The molecule has 136 valence electrons. The van der Waals surface area contributed by atoms with E-state index in [0.29, 0.717) is 17.1 Å². The lowest BCUT2D eigenvalue weighted by Gasteiger charge is -2.23. The van der Waals surface area contributed by atoms with E-state index in [4.69, 9.17) is 9.47 Å². The maximum Gasteiger partial charge on any atom is 0.354 e. The largest absolute Gasteiger partial charge is 0.497 e. The van der Waals surface area contributed by atoms with E-state index in [1.165, 1.54) is 22.0 Å². The Bertz CT molecular complexity index is 869. The number of carbonyl (C=O) groups is 1.